The van der Waals surface area contributed by atoms with Crippen molar-refractivity contribution in [1.82, 2.24) is 24.9 Å². The fourth-order valence-corrected chi connectivity index (χ4v) is 4.70. The molecule has 10 heteroatoms. The van der Waals surface area contributed by atoms with Crippen LogP contribution in [0.5, 0.6) is 0 Å². The minimum absolute atomic E-state index is 0.179. The highest BCUT2D eigenvalue weighted by atomic mass is 35.5. The zero-order valence-corrected chi connectivity index (χ0v) is 16.9. The number of nitrogens with one attached hydrogen (secondary N) is 1. The van der Waals surface area contributed by atoms with Gasteiger partial charge in [-0.15, -0.1) is 5.10 Å². The van der Waals surface area contributed by atoms with Gasteiger partial charge in [-0.05, 0) is 46.7 Å². The second-order valence-corrected chi connectivity index (χ2v) is 8.97. The van der Waals surface area contributed by atoms with Gasteiger partial charge in [0.15, 0.2) is 0 Å². The fourth-order valence-electron chi connectivity index (χ4n) is 2.46. The number of rotatable bonds is 8. The second-order valence-electron chi connectivity index (χ2n) is 5.76. The van der Waals surface area contributed by atoms with E-state index in [1.165, 1.54) is 23.9 Å². The molecule has 1 heterocycles. The quantitative estimate of drug-likeness (QED) is 0.560. The maximum Gasteiger partial charge on any atom is 0.241 e. The Hall–Kier alpha value is -1.94. The molecule has 27 heavy (non-hydrogen) atoms. The lowest BCUT2D eigenvalue weighted by atomic mass is 10.1. The molecular formula is C17H18ClN5O2S2. The van der Waals surface area contributed by atoms with E-state index in [-0.39, 0.29) is 10.9 Å². The number of sulfonamides is 1. The minimum Gasteiger partial charge on any atom is -0.224 e. The Labute approximate surface area is 167 Å². The second kappa shape index (κ2) is 8.83. The van der Waals surface area contributed by atoms with E-state index in [1.807, 2.05) is 30.3 Å². The summed E-state index contributed by atoms with van der Waals surface area (Å²) in [6, 6.07) is 15.2. The topological polar surface area (TPSA) is 89.8 Å². The molecule has 7 nitrogen and oxygen atoms in total. The molecule has 0 aliphatic heterocycles. The molecule has 2 aromatic carbocycles. The maximum absolute atomic E-state index is 12.8. The van der Waals surface area contributed by atoms with Gasteiger partial charge in [0.1, 0.15) is 0 Å². The van der Waals surface area contributed by atoms with E-state index in [2.05, 4.69) is 20.2 Å². The summed E-state index contributed by atoms with van der Waals surface area (Å²) in [6.07, 6.45) is 0.578. The maximum atomic E-state index is 12.8. The van der Waals surface area contributed by atoms with Gasteiger partial charge in [0.25, 0.3) is 0 Å². The van der Waals surface area contributed by atoms with Crippen molar-refractivity contribution in [3.05, 3.63) is 65.2 Å². The van der Waals surface area contributed by atoms with Gasteiger partial charge in [-0.1, -0.05) is 53.7 Å². The van der Waals surface area contributed by atoms with Gasteiger partial charge in [0.05, 0.1) is 4.90 Å². The molecular weight excluding hydrogens is 406 g/mol. The Morgan fingerprint density at radius 2 is 1.85 bits per heavy atom. The van der Waals surface area contributed by atoms with Gasteiger partial charge in [0.2, 0.25) is 15.2 Å². The Bertz CT molecular complexity index is 978. The van der Waals surface area contributed by atoms with Crippen molar-refractivity contribution in [1.29, 1.82) is 0 Å². The molecule has 0 aliphatic rings. The van der Waals surface area contributed by atoms with Crippen LogP contribution in [0.25, 0.3) is 0 Å². The van der Waals surface area contributed by atoms with Crippen molar-refractivity contribution in [2.45, 2.75) is 22.5 Å². The van der Waals surface area contributed by atoms with E-state index in [9.17, 15) is 8.42 Å². The number of halogens is 1. The van der Waals surface area contributed by atoms with Gasteiger partial charge >= 0.3 is 0 Å². The molecule has 0 saturated heterocycles. The number of thioether (sulfide) groups is 1. The lowest BCUT2D eigenvalue weighted by Gasteiger charge is -2.19. The van der Waals surface area contributed by atoms with Crippen LogP contribution in [-0.2, 0) is 17.1 Å². The van der Waals surface area contributed by atoms with Crippen LogP contribution in [0.1, 0.15) is 18.0 Å². The first kappa shape index (κ1) is 19.8. The standard InChI is InChI=1S/C17H18ClN5O2S2/c1-23-17(19-21-22-23)26-12-11-16(13-5-3-2-4-6-13)20-27(24,25)15-9-7-14(18)8-10-15/h2-10,16,20H,11-12H2,1H3. The van der Waals surface area contributed by atoms with Gasteiger partial charge in [-0.25, -0.2) is 17.8 Å². The Morgan fingerprint density at radius 1 is 1.15 bits per heavy atom. The number of aryl methyl sites for hydroxylation is 1. The molecule has 3 rings (SSSR count). The highest BCUT2D eigenvalue weighted by Gasteiger charge is 2.21. The lowest BCUT2D eigenvalue weighted by molar-refractivity contribution is 0.551. The molecule has 1 aromatic heterocycles. The zero-order valence-electron chi connectivity index (χ0n) is 14.5. The molecule has 3 aromatic rings. The van der Waals surface area contributed by atoms with E-state index in [4.69, 9.17) is 11.6 Å². The molecule has 0 bridgehead atoms. The average molecular weight is 424 g/mol. The Balaban J connectivity index is 1.75. The molecule has 1 atom stereocenters. The minimum atomic E-state index is -3.68. The molecule has 0 aliphatic carbocycles. The number of tetrazole rings is 1. The van der Waals surface area contributed by atoms with Crippen LogP contribution in [0.4, 0.5) is 0 Å². The first-order chi connectivity index (χ1) is 13.0. The van der Waals surface area contributed by atoms with Crippen LogP contribution >= 0.6 is 23.4 Å². The highest BCUT2D eigenvalue weighted by molar-refractivity contribution is 7.99. The third kappa shape index (κ3) is 5.29. The van der Waals surface area contributed by atoms with Crippen LogP contribution in [0.15, 0.2) is 64.6 Å². The van der Waals surface area contributed by atoms with Crippen LogP contribution < -0.4 is 4.72 Å². The number of benzene rings is 2. The Kier molecular flexibility index (Phi) is 6.48. The van der Waals surface area contributed by atoms with Crippen LogP contribution in [-0.4, -0.2) is 34.4 Å². The van der Waals surface area contributed by atoms with Crippen LogP contribution in [0.2, 0.25) is 5.02 Å². The van der Waals surface area contributed by atoms with Crippen molar-refractivity contribution in [2.24, 2.45) is 7.05 Å². The normalized spacial score (nSPS) is 12.8. The van der Waals surface area contributed by atoms with Crippen molar-refractivity contribution in [3.63, 3.8) is 0 Å². The predicted molar refractivity (Wildman–Crippen MR) is 105 cm³/mol. The van der Waals surface area contributed by atoms with Gasteiger partial charge in [0, 0.05) is 23.9 Å². The van der Waals surface area contributed by atoms with Crippen LogP contribution in [0, 0.1) is 0 Å². The predicted octanol–water partition coefficient (Wildman–Crippen LogP) is 3.07. The largest absolute Gasteiger partial charge is 0.241 e. The first-order valence-corrected chi connectivity index (χ1v) is 11.0. The fraction of sp³-hybridized carbons (Fsp3) is 0.235. The summed E-state index contributed by atoms with van der Waals surface area (Å²) in [7, 11) is -1.92. The van der Waals surface area contributed by atoms with E-state index in [0.717, 1.165) is 5.56 Å². The third-order valence-electron chi connectivity index (χ3n) is 3.84. The molecule has 0 radical (unpaired) electrons. The zero-order chi connectivity index (χ0) is 19.3. The molecule has 0 fully saturated rings. The van der Waals surface area contributed by atoms with Crippen molar-refractivity contribution in [3.8, 4) is 0 Å². The molecule has 1 N–H and O–H groups in total. The van der Waals surface area contributed by atoms with E-state index >= 15 is 0 Å². The molecule has 1 unspecified atom stereocenters. The van der Waals surface area contributed by atoms with Crippen LogP contribution in [0.3, 0.4) is 0 Å². The molecule has 142 valence electrons. The van der Waals surface area contributed by atoms with Gasteiger partial charge in [-0.2, -0.15) is 0 Å². The highest BCUT2D eigenvalue weighted by Crippen LogP contribution is 2.24. The Morgan fingerprint density at radius 3 is 2.48 bits per heavy atom. The van der Waals surface area contributed by atoms with Crippen molar-refractivity contribution >= 4 is 33.4 Å². The van der Waals surface area contributed by atoms with Crippen molar-refractivity contribution < 1.29 is 8.42 Å². The first-order valence-electron chi connectivity index (χ1n) is 8.14. The summed E-state index contributed by atoms with van der Waals surface area (Å²) in [4.78, 5) is 0.179. The number of hydrogen-bond acceptors (Lipinski definition) is 6. The smallest absolute Gasteiger partial charge is 0.224 e. The summed E-state index contributed by atoms with van der Waals surface area (Å²) < 4.78 is 29.9. The summed E-state index contributed by atoms with van der Waals surface area (Å²) in [6.45, 7) is 0. The number of nitrogens with zero attached hydrogens (tertiary/aromatic N) is 4. The monoisotopic (exact) mass is 423 g/mol. The van der Waals surface area contributed by atoms with Gasteiger partial charge < -0.3 is 0 Å². The summed E-state index contributed by atoms with van der Waals surface area (Å²) in [5, 5.41) is 12.5. The number of hydrogen-bond donors (Lipinski definition) is 1. The lowest BCUT2D eigenvalue weighted by Crippen LogP contribution is -2.29. The van der Waals surface area contributed by atoms with E-state index in [0.29, 0.717) is 22.4 Å². The summed E-state index contributed by atoms with van der Waals surface area (Å²) in [5.74, 6) is 0.650. The molecule has 0 saturated carbocycles. The summed E-state index contributed by atoms with van der Waals surface area (Å²) >= 11 is 7.33. The van der Waals surface area contributed by atoms with E-state index < -0.39 is 10.0 Å². The SMILES string of the molecule is Cn1nnnc1SCCC(NS(=O)(=O)c1ccc(Cl)cc1)c1ccccc1. The summed E-state index contributed by atoms with van der Waals surface area (Å²) in [5.41, 5.74) is 0.895. The van der Waals surface area contributed by atoms with E-state index in [1.54, 1.807) is 23.9 Å². The van der Waals surface area contributed by atoms with Crippen molar-refractivity contribution in [2.75, 3.05) is 5.75 Å². The average Bonchev–Trinajstić information content (AvgIpc) is 3.07. The third-order valence-corrected chi connectivity index (χ3v) is 6.63. The van der Waals surface area contributed by atoms with Gasteiger partial charge in [-0.3, -0.25) is 0 Å². The molecule has 0 spiro atoms. The number of aromatic nitrogens is 4. The molecule has 0 amide bonds.